The van der Waals surface area contributed by atoms with Gasteiger partial charge in [-0.1, -0.05) is 12.2 Å². The van der Waals surface area contributed by atoms with Gasteiger partial charge in [-0.3, -0.25) is 4.40 Å². The van der Waals surface area contributed by atoms with E-state index in [1.54, 1.807) is 18.3 Å². The number of nitrogens with zero attached hydrogens (tertiary/aromatic N) is 2. The number of fused-ring (bicyclic) bond motifs is 1. The third kappa shape index (κ3) is 1.68. The summed E-state index contributed by atoms with van der Waals surface area (Å²) in [5.41, 5.74) is -0.0734. The topological polar surface area (TPSA) is 74.8 Å². The molecular formula is C9H5BrN2O3S. The molecule has 0 saturated heterocycles. The van der Waals surface area contributed by atoms with Crippen LogP contribution in [0.3, 0.4) is 0 Å². The average Bonchev–Trinajstić information content (AvgIpc) is 2.23. The zero-order chi connectivity index (χ0) is 11.9. The summed E-state index contributed by atoms with van der Waals surface area (Å²) in [6.45, 7) is 0. The first kappa shape index (κ1) is 11.0. The Morgan fingerprint density at radius 1 is 1.50 bits per heavy atom. The molecule has 0 aliphatic rings. The van der Waals surface area contributed by atoms with Crippen LogP contribution in [0, 0.1) is 4.64 Å². The molecule has 0 fully saturated rings. The van der Waals surface area contributed by atoms with Crippen molar-refractivity contribution in [1.29, 1.82) is 0 Å². The lowest BCUT2D eigenvalue weighted by atomic mass is 10.3. The minimum atomic E-state index is -1.31. The molecule has 0 radical (unpaired) electrons. The second kappa shape index (κ2) is 3.84. The summed E-state index contributed by atoms with van der Waals surface area (Å²) in [6, 6.07) is 3.31. The van der Waals surface area contributed by atoms with E-state index in [2.05, 4.69) is 20.9 Å². The molecule has 0 aliphatic heterocycles. The van der Waals surface area contributed by atoms with Gasteiger partial charge < -0.3 is 10.2 Å². The molecule has 2 rings (SSSR count). The highest BCUT2D eigenvalue weighted by Gasteiger charge is 2.15. The maximum Gasteiger partial charge on any atom is 0.358 e. The van der Waals surface area contributed by atoms with Gasteiger partial charge in [0.25, 0.3) is 0 Å². The van der Waals surface area contributed by atoms with Crippen molar-refractivity contribution in [3.8, 4) is 5.75 Å². The third-order valence-corrected chi connectivity index (χ3v) is 2.82. The number of rotatable bonds is 1. The SMILES string of the molecule is O=C(O)c1nc2ccc(Br)cn2c(=S)c1O. The van der Waals surface area contributed by atoms with Crippen molar-refractivity contribution in [3.63, 3.8) is 0 Å². The van der Waals surface area contributed by atoms with Crippen molar-refractivity contribution in [1.82, 2.24) is 9.38 Å². The van der Waals surface area contributed by atoms with Crippen LogP contribution >= 0.6 is 28.1 Å². The number of aromatic nitrogens is 2. The predicted molar refractivity (Wildman–Crippen MR) is 62.4 cm³/mol. The molecule has 0 bridgehead atoms. The molecular weight excluding hydrogens is 296 g/mol. The minimum Gasteiger partial charge on any atom is -0.503 e. The number of carbonyl (C=O) groups is 1. The van der Waals surface area contributed by atoms with Gasteiger partial charge in [0.15, 0.2) is 16.1 Å². The molecule has 5 nitrogen and oxygen atoms in total. The van der Waals surface area contributed by atoms with Crippen LogP contribution < -0.4 is 0 Å². The number of hydrogen-bond donors (Lipinski definition) is 2. The first-order valence-electron chi connectivity index (χ1n) is 4.15. The first-order valence-corrected chi connectivity index (χ1v) is 5.35. The predicted octanol–water partition coefficient (Wildman–Crippen LogP) is 2.23. The number of carboxylic acid groups (broad SMARTS) is 1. The number of pyridine rings is 1. The maximum absolute atomic E-state index is 10.8. The molecule has 0 aromatic carbocycles. The fourth-order valence-corrected chi connectivity index (χ4v) is 1.83. The van der Waals surface area contributed by atoms with Crippen LogP contribution in [-0.2, 0) is 0 Å². The fourth-order valence-electron chi connectivity index (χ4n) is 1.25. The molecule has 2 aromatic rings. The van der Waals surface area contributed by atoms with Gasteiger partial charge >= 0.3 is 5.97 Å². The Labute approximate surface area is 103 Å². The minimum absolute atomic E-state index is 0.0173. The van der Waals surface area contributed by atoms with Gasteiger partial charge in [0.05, 0.1) is 0 Å². The van der Waals surface area contributed by atoms with Crippen LogP contribution in [-0.4, -0.2) is 25.6 Å². The van der Waals surface area contributed by atoms with E-state index in [4.69, 9.17) is 17.3 Å². The Bertz CT molecular complexity index is 653. The average molecular weight is 301 g/mol. The lowest BCUT2D eigenvalue weighted by Crippen LogP contribution is -2.05. The number of hydrogen-bond acceptors (Lipinski definition) is 4. The summed E-state index contributed by atoms with van der Waals surface area (Å²) >= 11 is 8.20. The molecule has 2 aromatic heterocycles. The normalized spacial score (nSPS) is 10.6. The number of carboxylic acids is 1. The van der Waals surface area contributed by atoms with E-state index in [9.17, 15) is 9.90 Å². The molecule has 0 aliphatic carbocycles. The van der Waals surface area contributed by atoms with E-state index in [-0.39, 0.29) is 4.64 Å². The van der Waals surface area contributed by atoms with E-state index in [0.29, 0.717) is 5.65 Å². The van der Waals surface area contributed by atoms with E-state index in [1.165, 1.54) is 4.40 Å². The summed E-state index contributed by atoms with van der Waals surface area (Å²) in [6.07, 6.45) is 1.61. The number of aromatic hydroxyl groups is 1. The summed E-state index contributed by atoms with van der Waals surface area (Å²) in [5.74, 6) is -1.81. The number of aromatic carboxylic acids is 1. The zero-order valence-corrected chi connectivity index (χ0v) is 10.1. The van der Waals surface area contributed by atoms with Crippen molar-refractivity contribution in [2.45, 2.75) is 0 Å². The highest BCUT2D eigenvalue weighted by Crippen LogP contribution is 2.20. The Morgan fingerprint density at radius 2 is 2.19 bits per heavy atom. The Hall–Kier alpha value is -1.47. The first-order chi connectivity index (χ1) is 7.50. The monoisotopic (exact) mass is 300 g/mol. The van der Waals surface area contributed by atoms with Crippen molar-refractivity contribution >= 4 is 39.8 Å². The number of halogens is 1. The molecule has 0 saturated carbocycles. The standard InChI is InChI=1S/C9H5BrN2O3S/c10-4-1-2-5-11-6(9(14)15)7(13)8(16)12(5)3-4/h1-3,13H,(H,14,15). The van der Waals surface area contributed by atoms with Crippen molar-refractivity contribution in [3.05, 3.63) is 33.1 Å². The lowest BCUT2D eigenvalue weighted by Gasteiger charge is -2.05. The highest BCUT2D eigenvalue weighted by atomic mass is 79.9. The van der Waals surface area contributed by atoms with E-state index < -0.39 is 17.4 Å². The maximum atomic E-state index is 10.8. The molecule has 0 unspecified atom stereocenters. The summed E-state index contributed by atoms with van der Waals surface area (Å²) < 4.78 is 2.20. The van der Waals surface area contributed by atoms with Gasteiger partial charge in [-0.25, -0.2) is 9.78 Å². The van der Waals surface area contributed by atoms with Gasteiger partial charge in [0.1, 0.15) is 5.65 Å². The second-order valence-electron chi connectivity index (χ2n) is 2.99. The largest absolute Gasteiger partial charge is 0.503 e. The van der Waals surface area contributed by atoms with Crippen LogP contribution in [0.2, 0.25) is 0 Å². The second-order valence-corrected chi connectivity index (χ2v) is 4.30. The molecule has 7 heteroatoms. The summed E-state index contributed by atoms with van der Waals surface area (Å²) in [7, 11) is 0. The van der Waals surface area contributed by atoms with Crippen LogP contribution in [0.4, 0.5) is 0 Å². The Morgan fingerprint density at radius 3 is 2.81 bits per heavy atom. The molecule has 0 atom stereocenters. The van der Waals surface area contributed by atoms with Crippen LogP contribution in [0.25, 0.3) is 5.65 Å². The van der Waals surface area contributed by atoms with Crippen molar-refractivity contribution in [2.24, 2.45) is 0 Å². The van der Waals surface area contributed by atoms with Crippen molar-refractivity contribution in [2.75, 3.05) is 0 Å². The fraction of sp³-hybridized carbons (Fsp3) is 0. The van der Waals surface area contributed by atoms with Gasteiger partial charge in [-0.2, -0.15) is 0 Å². The Balaban J connectivity index is 2.94. The smallest absolute Gasteiger partial charge is 0.358 e. The molecule has 16 heavy (non-hydrogen) atoms. The third-order valence-electron chi connectivity index (χ3n) is 1.97. The highest BCUT2D eigenvalue weighted by molar-refractivity contribution is 9.10. The van der Waals surface area contributed by atoms with Gasteiger partial charge in [0, 0.05) is 10.7 Å². The van der Waals surface area contributed by atoms with Gasteiger partial charge in [-0.15, -0.1) is 0 Å². The van der Waals surface area contributed by atoms with Crippen LogP contribution in [0.5, 0.6) is 5.75 Å². The molecule has 2 N–H and O–H groups in total. The van der Waals surface area contributed by atoms with Crippen LogP contribution in [0.15, 0.2) is 22.8 Å². The van der Waals surface area contributed by atoms with Crippen molar-refractivity contribution < 1.29 is 15.0 Å². The van der Waals surface area contributed by atoms with Gasteiger partial charge in [0.2, 0.25) is 0 Å². The van der Waals surface area contributed by atoms with E-state index in [1.807, 2.05) is 0 Å². The quantitative estimate of drug-likeness (QED) is 0.790. The molecule has 82 valence electrons. The molecule has 0 spiro atoms. The van der Waals surface area contributed by atoms with Crippen LogP contribution in [0.1, 0.15) is 10.5 Å². The summed E-state index contributed by atoms with van der Waals surface area (Å²) in [5, 5.41) is 18.4. The van der Waals surface area contributed by atoms with E-state index >= 15 is 0 Å². The molecule has 2 heterocycles. The van der Waals surface area contributed by atoms with Gasteiger partial charge in [-0.05, 0) is 28.1 Å². The molecule has 0 amide bonds. The zero-order valence-electron chi connectivity index (χ0n) is 7.72. The van der Waals surface area contributed by atoms with E-state index in [0.717, 1.165) is 4.47 Å². The lowest BCUT2D eigenvalue weighted by molar-refractivity contribution is 0.0687. The Kier molecular flexibility index (Phi) is 2.64. The summed E-state index contributed by atoms with van der Waals surface area (Å²) in [4.78, 5) is 14.6.